The van der Waals surface area contributed by atoms with Crippen LogP contribution in [0.4, 0.5) is 0 Å². The van der Waals surface area contributed by atoms with Crippen molar-refractivity contribution >= 4 is 5.97 Å². The Hall–Kier alpha value is -2.36. The highest BCUT2D eigenvalue weighted by Crippen LogP contribution is 2.26. The van der Waals surface area contributed by atoms with Crippen molar-refractivity contribution < 1.29 is 14.6 Å². The molecule has 1 N–H and O–H groups in total. The lowest BCUT2D eigenvalue weighted by atomic mass is 9.97. The van der Waals surface area contributed by atoms with Crippen LogP contribution in [0.25, 0.3) is 11.1 Å². The zero-order valence-electron chi connectivity index (χ0n) is 10.2. The highest BCUT2D eigenvalue weighted by molar-refractivity contribution is 5.92. The number of rotatable bonds is 3. The summed E-state index contributed by atoms with van der Waals surface area (Å²) < 4.78 is 4.99. The third-order valence-electron chi connectivity index (χ3n) is 2.82. The fourth-order valence-corrected chi connectivity index (χ4v) is 1.84. The summed E-state index contributed by atoms with van der Waals surface area (Å²) in [7, 11) is 1.55. The monoisotopic (exact) mass is 243 g/mol. The molecular formula is C14H13NO3. The Balaban J connectivity index is 2.50. The van der Waals surface area contributed by atoms with Crippen molar-refractivity contribution in [2.24, 2.45) is 0 Å². The molecule has 0 atom stereocenters. The second-order valence-corrected chi connectivity index (χ2v) is 3.87. The Bertz CT molecular complexity index is 576. The largest absolute Gasteiger partial charge is 0.481 e. The van der Waals surface area contributed by atoms with Crippen molar-refractivity contribution in [1.82, 2.24) is 4.98 Å². The van der Waals surface area contributed by atoms with E-state index < -0.39 is 5.97 Å². The van der Waals surface area contributed by atoms with Crippen LogP contribution in [0.15, 0.2) is 36.5 Å². The Kier molecular flexibility index (Phi) is 3.28. The smallest absolute Gasteiger partial charge is 0.335 e. The molecule has 0 saturated heterocycles. The molecule has 0 bridgehead atoms. The fraction of sp³-hybridized carbons (Fsp3) is 0.143. The summed E-state index contributed by atoms with van der Waals surface area (Å²) in [6.45, 7) is 1.79. The van der Waals surface area contributed by atoms with E-state index in [1.807, 2.05) is 12.1 Å². The minimum Gasteiger partial charge on any atom is -0.481 e. The number of benzene rings is 1. The van der Waals surface area contributed by atoms with E-state index in [1.54, 1.807) is 38.4 Å². The molecule has 4 nitrogen and oxygen atoms in total. The van der Waals surface area contributed by atoms with Gasteiger partial charge in [0.05, 0.1) is 12.7 Å². The molecule has 0 aliphatic carbocycles. The molecule has 1 heterocycles. The maximum atomic E-state index is 11.1. The van der Waals surface area contributed by atoms with Gasteiger partial charge in [-0.3, -0.25) is 0 Å². The van der Waals surface area contributed by atoms with Crippen LogP contribution in [0.5, 0.6) is 5.88 Å². The summed E-state index contributed by atoms with van der Waals surface area (Å²) in [4.78, 5) is 15.2. The first-order valence-electron chi connectivity index (χ1n) is 5.47. The number of pyridine rings is 1. The van der Waals surface area contributed by atoms with Crippen molar-refractivity contribution in [3.05, 3.63) is 47.7 Å². The first-order valence-corrected chi connectivity index (χ1v) is 5.47. The summed E-state index contributed by atoms with van der Waals surface area (Å²) >= 11 is 0. The Morgan fingerprint density at radius 2 is 2.06 bits per heavy atom. The maximum absolute atomic E-state index is 11.1. The summed E-state index contributed by atoms with van der Waals surface area (Å²) in [5.74, 6) is -0.387. The molecule has 0 unspecified atom stereocenters. The minimum atomic E-state index is -0.921. The number of carboxylic acids is 1. The van der Waals surface area contributed by atoms with E-state index in [-0.39, 0.29) is 0 Å². The molecule has 2 aromatic rings. The molecule has 0 aliphatic rings. The SMILES string of the molecule is COc1ccc(-c2cccc(C(=O)O)c2C)cn1. The first kappa shape index (κ1) is 12.1. The van der Waals surface area contributed by atoms with Gasteiger partial charge in [0.2, 0.25) is 5.88 Å². The lowest BCUT2D eigenvalue weighted by Crippen LogP contribution is -2.00. The van der Waals surface area contributed by atoms with Crippen LogP contribution in [-0.2, 0) is 0 Å². The molecule has 0 amide bonds. The van der Waals surface area contributed by atoms with Gasteiger partial charge in [0.25, 0.3) is 0 Å². The average Bonchev–Trinajstić information content (AvgIpc) is 2.39. The van der Waals surface area contributed by atoms with E-state index in [4.69, 9.17) is 9.84 Å². The third-order valence-corrected chi connectivity index (χ3v) is 2.82. The molecule has 1 aromatic heterocycles. The lowest BCUT2D eigenvalue weighted by molar-refractivity contribution is 0.0696. The van der Waals surface area contributed by atoms with Crippen molar-refractivity contribution in [2.75, 3.05) is 7.11 Å². The van der Waals surface area contributed by atoms with Gasteiger partial charge in [-0.1, -0.05) is 12.1 Å². The average molecular weight is 243 g/mol. The van der Waals surface area contributed by atoms with E-state index in [0.29, 0.717) is 11.4 Å². The van der Waals surface area contributed by atoms with Crippen LogP contribution in [0, 0.1) is 6.92 Å². The molecule has 4 heteroatoms. The van der Waals surface area contributed by atoms with Crippen molar-refractivity contribution in [2.45, 2.75) is 6.92 Å². The molecule has 0 saturated carbocycles. The van der Waals surface area contributed by atoms with E-state index in [0.717, 1.165) is 16.7 Å². The molecule has 92 valence electrons. The predicted octanol–water partition coefficient (Wildman–Crippen LogP) is 2.76. The lowest BCUT2D eigenvalue weighted by Gasteiger charge is -2.09. The highest BCUT2D eigenvalue weighted by atomic mass is 16.5. The molecule has 1 aromatic carbocycles. The van der Waals surface area contributed by atoms with Crippen LogP contribution >= 0.6 is 0 Å². The quantitative estimate of drug-likeness (QED) is 0.900. The topological polar surface area (TPSA) is 59.4 Å². The van der Waals surface area contributed by atoms with Gasteiger partial charge in [0.1, 0.15) is 0 Å². The van der Waals surface area contributed by atoms with Gasteiger partial charge in [-0.05, 0) is 30.2 Å². The zero-order valence-corrected chi connectivity index (χ0v) is 10.2. The number of carboxylic acid groups (broad SMARTS) is 1. The molecule has 0 fully saturated rings. The standard InChI is InChI=1S/C14H13NO3/c1-9-11(4-3-5-12(9)14(16)17)10-6-7-13(18-2)15-8-10/h3-8H,1-2H3,(H,16,17). The van der Waals surface area contributed by atoms with E-state index in [2.05, 4.69) is 4.98 Å². The van der Waals surface area contributed by atoms with Crippen LogP contribution in [0.3, 0.4) is 0 Å². The van der Waals surface area contributed by atoms with Gasteiger partial charge in [0.15, 0.2) is 0 Å². The Morgan fingerprint density at radius 3 is 2.61 bits per heavy atom. The van der Waals surface area contributed by atoms with Crippen LogP contribution < -0.4 is 4.74 Å². The Labute approximate surface area is 105 Å². The van der Waals surface area contributed by atoms with Crippen LogP contribution in [-0.4, -0.2) is 23.2 Å². The molecule has 0 radical (unpaired) electrons. The Morgan fingerprint density at radius 1 is 1.28 bits per heavy atom. The molecule has 0 aliphatic heterocycles. The predicted molar refractivity (Wildman–Crippen MR) is 67.9 cm³/mol. The van der Waals surface area contributed by atoms with Gasteiger partial charge in [0, 0.05) is 17.8 Å². The number of nitrogens with zero attached hydrogens (tertiary/aromatic N) is 1. The number of carbonyl (C=O) groups is 1. The normalized spacial score (nSPS) is 10.1. The summed E-state index contributed by atoms with van der Waals surface area (Å²) in [6.07, 6.45) is 1.67. The van der Waals surface area contributed by atoms with Gasteiger partial charge < -0.3 is 9.84 Å². The van der Waals surface area contributed by atoms with E-state index in [9.17, 15) is 4.79 Å². The number of aromatic nitrogens is 1. The molecule has 18 heavy (non-hydrogen) atoms. The van der Waals surface area contributed by atoms with Crippen LogP contribution in [0.2, 0.25) is 0 Å². The number of aromatic carboxylic acids is 1. The molecular weight excluding hydrogens is 230 g/mol. The number of methoxy groups -OCH3 is 1. The second-order valence-electron chi connectivity index (χ2n) is 3.87. The maximum Gasteiger partial charge on any atom is 0.335 e. The van der Waals surface area contributed by atoms with Gasteiger partial charge >= 0.3 is 5.97 Å². The van der Waals surface area contributed by atoms with Crippen molar-refractivity contribution in [3.63, 3.8) is 0 Å². The summed E-state index contributed by atoms with van der Waals surface area (Å²) in [5.41, 5.74) is 2.78. The first-order chi connectivity index (χ1) is 8.63. The van der Waals surface area contributed by atoms with Crippen molar-refractivity contribution in [3.8, 4) is 17.0 Å². The third kappa shape index (κ3) is 2.18. The number of hydrogen-bond acceptors (Lipinski definition) is 3. The second kappa shape index (κ2) is 4.87. The number of ether oxygens (including phenoxy) is 1. The van der Waals surface area contributed by atoms with E-state index >= 15 is 0 Å². The van der Waals surface area contributed by atoms with E-state index in [1.165, 1.54) is 0 Å². The number of hydrogen-bond donors (Lipinski definition) is 1. The fourth-order valence-electron chi connectivity index (χ4n) is 1.84. The minimum absolute atomic E-state index is 0.309. The highest BCUT2D eigenvalue weighted by Gasteiger charge is 2.11. The van der Waals surface area contributed by atoms with Crippen molar-refractivity contribution in [1.29, 1.82) is 0 Å². The van der Waals surface area contributed by atoms with Gasteiger partial charge in [-0.25, -0.2) is 9.78 Å². The summed E-state index contributed by atoms with van der Waals surface area (Å²) in [6, 6.07) is 8.82. The molecule has 2 rings (SSSR count). The zero-order chi connectivity index (χ0) is 13.1. The van der Waals surface area contributed by atoms with Crippen LogP contribution in [0.1, 0.15) is 15.9 Å². The summed E-state index contributed by atoms with van der Waals surface area (Å²) in [5, 5.41) is 9.08. The van der Waals surface area contributed by atoms with Gasteiger partial charge in [-0.2, -0.15) is 0 Å². The van der Waals surface area contributed by atoms with Gasteiger partial charge in [-0.15, -0.1) is 0 Å². The molecule has 0 spiro atoms.